The summed E-state index contributed by atoms with van der Waals surface area (Å²) in [7, 11) is 0. The number of hydrogen-bond donors (Lipinski definition) is 2. The Labute approximate surface area is 131 Å². The normalized spacial score (nSPS) is 10.4. The van der Waals surface area contributed by atoms with Gasteiger partial charge >= 0.3 is 11.9 Å². The summed E-state index contributed by atoms with van der Waals surface area (Å²) in [6.45, 7) is 0. The molecular formula is C18H12O5. The lowest BCUT2D eigenvalue weighted by molar-refractivity contribution is 0.0626. The highest BCUT2D eigenvalue weighted by Crippen LogP contribution is 2.39. The molecule has 0 amide bonds. The number of furan rings is 1. The van der Waals surface area contributed by atoms with Crippen LogP contribution in [-0.2, 0) is 0 Å². The molecule has 0 saturated carbocycles. The van der Waals surface area contributed by atoms with Gasteiger partial charge in [0.2, 0.25) is 5.76 Å². The standard InChI is InChI=1S/C18H12O5/c19-17(20)14-13(11-7-3-1-4-8-11)15(23-16(14)18(21)22)12-9-5-2-6-10-12/h1-10H,(H,19,20)(H,21,22). The van der Waals surface area contributed by atoms with Crippen molar-refractivity contribution in [2.45, 2.75) is 0 Å². The van der Waals surface area contributed by atoms with E-state index in [1.165, 1.54) is 0 Å². The van der Waals surface area contributed by atoms with Crippen molar-refractivity contribution >= 4 is 11.9 Å². The van der Waals surface area contributed by atoms with E-state index in [0.717, 1.165) is 0 Å². The van der Waals surface area contributed by atoms with Crippen LogP contribution in [0.15, 0.2) is 65.1 Å². The van der Waals surface area contributed by atoms with Crippen LogP contribution in [0, 0.1) is 0 Å². The first kappa shape index (κ1) is 14.6. The van der Waals surface area contributed by atoms with Gasteiger partial charge in [-0.1, -0.05) is 60.7 Å². The Balaban J connectivity index is 2.38. The van der Waals surface area contributed by atoms with E-state index in [1.54, 1.807) is 54.6 Å². The number of carbonyl (C=O) groups is 2. The average Bonchev–Trinajstić information content (AvgIpc) is 2.97. The number of hydrogen-bond acceptors (Lipinski definition) is 3. The molecule has 5 nitrogen and oxygen atoms in total. The number of rotatable bonds is 4. The fraction of sp³-hybridized carbons (Fsp3) is 0. The van der Waals surface area contributed by atoms with Gasteiger partial charge in [-0.3, -0.25) is 0 Å². The van der Waals surface area contributed by atoms with Crippen molar-refractivity contribution < 1.29 is 24.2 Å². The molecule has 0 atom stereocenters. The second-order valence-corrected chi connectivity index (χ2v) is 4.85. The lowest BCUT2D eigenvalue weighted by Crippen LogP contribution is -2.05. The van der Waals surface area contributed by atoms with Gasteiger partial charge in [0.05, 0.1) is 0 Å². The summed E-state index contributed by atoms with van der Waals surface area (Å²) in [5.74, 6) is -3.10. The molecule has 0 unspecified atom stereocenters. The van der Waals surface area contributed by atoms with Gasteiger partial charge in [0.1, 0.15) is 11.3 Å². The first-order valence-corrected chi connectivity index (χ1v) is 6.84. The molecule has 0 aliphatic heterocycles. The van der Waals surface area contributed by atoms with Crippen molar-refractivity contribution in [2.75, 3.05) is 0 Å². The van der Waals surface area contributed by atoms with E-state index in [1.807, 2.05) is 6.07 Å². The van der Waals surface area contributed by atoms with Crippen molar-refractivity contribution in [1.29, 1.82) is 0 Å². The number of aromatic carboxylic acids is 2. The first-order chi connectivity index (χ1) is 11.1. The van der Waals surface area contributed by atoms with Crippen molar-refractivity contribution in [2.24, 2.45) is 0 Å². The van der Waals surface area contributed by atoms with Crippen LogP contribution in [0.25, 0.3) is 22.5 Å². The van der Waals surface area contributed by atoms with Gasteiger partial charge in [-0.2, -0.15) is 0 Å². The molecule has 0 radical (unpaired) electrons. The van der Waals surface area contributed by atoms with Crippen LogP contribution >= 0.6 is 0 Å². The third-order valence-electron chi connectivity index (χ3n) is 3.41. The number of carboxylic acids is 2. The topological polar surface area (TPSA) is 87.7 Å². The highest BCUT2D eigenvalue weighted by atomic mass is 16.4. The molecule has 0 aliphatic rings. The Morgan fingerprint density at radius 3 is 1.74 bits per heavy atom. The molecule has 0 bridgehead atoms. The van der Waals surface area contributed by atoms with E-state index in [-0.39, 0.29) is 16.9 Å². The molecular weight excluding hydrogens is 296 g/mol. The van der Waals surface area contributed by atoms with E-state index in [4.69, 9.17) is 4.42 Å². The van der Waals surface area contributed by atoms with E-state index in [2.05, 4.69) is 0 Å². The third-order valence-corrected chi connectivity index (χ3v) is 3.41. The Morgan fingerprint density at radius 1 is 0.739 bits per heavy atom. The van der Waals surface area contributed by atoms with Gasteiger partial charge in [0, 0.05) is 11.1 Å². The number of carboxylic acid groups (broad SMARTS) is 2. The average molecular weight is 308 g/mol. The minimum Gasteiger partial charge on any atom is -0.478 e. The van der Waals surface area contributed by atoms with Crippen LogP contribution in [0.2, 0.25) is 0 Å². The van der Waals surface area contributed by atoms with Gasteiger partial charge in [-0.05, 0) is 5.56 Å². The summed E-state index contributed by atoms with van der Waals surface area (Å²) in [6, 6.07) is 17.6. The molecule has 2 aromatic carbocycles. The Hall–Kier alpha value is -3.34. The third kappa shape index (κ3) is 2.60. The lowest BCUT2D eigenvalue weighted by Gasteiger charge is -2.04. The van der Waals surface area contributed by atoms with Crippen molar-refractivity contribution in [3.05, 3.63) is 72.0 Å². The molecule has 5 heteroatoms. The van der Waals surface area contributed by atoms with Crippen LogP contribution in [0.4, 0.5) is 0 Å². The number of benzene rings is 2. The van der Waals surface area contributed by atoms with Crippen LogP contribution in [-0.4, -0.2) is 22.2 Å². The summed E-state index contributed by atoms with van der Waals surface area (Å²) in [5.41, 5.74) is 1.12. The van der Waals surface area contributed by atoms with Gasteiger partial charge in [-0.25, -0.2) is 9.59 Å². The lowest BCUT2D eigenvalue weighted by atomic mass is 9.97. The second-order valence-electron chi connectivity index (χ2n) is 4.85. The predicted molar refractivity (Wildman–Crippen MR) is 83.5 cm³/mol. The molecule has 3 rings (SSSR count). The first-order valence-electron chi connectivity index (χ1n) is 6.84. The van der Waals surface area contributed by atoms with E-state index < -0.39 is 17.7 Å². The Bertz CT molecular complexity index is 863. The molecule has 1 aromatic heterocycles. The molecule has 23 heavy (non-hydrogen) atoms. The largest absolute Gasteiger partial charge is 0.478 e. The van der Waals surface area contributed by atoms with Crippen molar-refractivity contribution in [3.63, 3.8) is 0 Å². The van der Waals surface area contributed by atoms with Crippen molar-refractivity contribution in [1.82, 2.24) is 0 Å². The van der Waals surface area contributed by atoms with Crippen LogP contribution < -0.4 is 0 Å². The molecule has 1 heterocycles. The molecule has 0 spiro atoms. The highest BCUT2D eigenvalue weighted by molar-refractivity contribution is 6.08. The summed E-state index contributed by atoms with van der Waals surface area (Å²) >= 11 is 0. The molecule has 2 N–H and O–H groups in total. The van der Waals surface area contributed by atoms with Gasteiger partial charge in [-0.15, -0.1) is 0 Å². The van der Waals surface area contributed by atoms with E-state index in [9.17, 15) is 19.8 Å². The fourth-order valence-electron chi connectivity index (χ4n) is 2.46. The quantitative estimate of drug-likeness (QED) is 0.760. The highest BCUT2D eigenvalue weighted by Gasteiger charge is 2.30. The summed E-state index contributed by atoms with van der Waals surface area (Å²) in [6.07, 6.45) is 0. The Kier molecular flexibility index (Phi) is 3.68. The maximum Gasteiger partial charge on any atom is 0.372 e. The minimum atomic E-state index is -1.42. The van der Waals surface area contributed by atoms with E-state index in [0.29, 0.717) is 11.1 Å². The second kappa shape index (κ2) is 5.81. The van der Waals surface area contributed by atoms with Crippen LogP contribution in [0.1, 0.15) is 20.9 Å². The fourth-order valence-corrected chi connectivity index (χ4v) is 2.46. The molecule has 0 saturated heterocycles. The smallest absolute Gasteiger partial charge is 0.372 e. The molecule has 3 aromatic rings. The van der Waals surface area contributed by atoms with Gasteiger partial charge < -0.3 is 14.6 Å². The molecule has 0 fully saturated rings. The maximum atomic E-state index is 11.6. The van der Waals surface area contributed by atoms with Gasteiger partial charge in [0.25, 0.3) is 0 Å². The molecule has 114 valence electrons. The van der Waals surface area contributed by atoms with Gasteiger partial charge in [0.15, 0.2) is 0 Å². The SMILES string of the molecule is O=C(O)c1oc(-c2ccccc2)c(-c2ccccc2)c1C(=O)O. The zero-order valence-corrected chi connectivity index (χ0v) is 11.9. The minimum absolute atomic E-state index is 0.228. The monoisotopic (exact) mass is 308 g/mol. The molecule has 0 aliphatic carbocycles. The van der Waals surface area contributed by atoms with Crippen LogP contribution in [0.3, 0.4) is 0 Å². The summed E-state index contributed by atoms with van der Waals surface area (Å²) in [5, 5.41) is 18.8. The predicted octanol–water partition coefficient (Wildman–Crippen LogP) is 4.01. The van der Waals surface area contributed by atoms with Crippen molar-refractivity contribution in [3.8, 4) is 22.5 Å². The van der Waals surface area contributed by atoms with Crippen LogP contribution in [0.5, 0.6) is 0 Å². The Morgan fingerprint density at radius 2 is 1.26 bits per heavy atom. The maximum absolute atomic E-state index is 11.6. The van der Waals surface area contributed by atoms with E-state index >= 15 is 0 Å². The summed E-state index contributed by atoms with van der Waals surface area (Å²) in [4.78, 5) is 23.0. The zero-order valence-electron chi connectivity index (χ0n) is 11.9. The summed E-state index contributed by atoms with van der Waals surface area (Å²) < 4.78 is 5.43. The zero-order chi connectivity index (χ0) is 16.4.